The zero-order valence-corrected chi connectivity index (χ0v) is 22.4. The van der Waals surface area contributed by atoms with Gasteiger partial charge in [-0.05, 0) is 73.2 Å². The second-order valence-electron chi connectivity index (χ2n) is 8.84. The van der Waals surface area contributed by atoms with Crippen LogP contribution in [0.1, 0.15) is 21.6 Å². The zero-order chi connectivity index (χ0) is 27.6. The first kappa shape index (κ1) is 26.0. The van der Waals surface area contributed by atoms with E-state index in [1.54, 1.807) is 55.6 Å². The average Bonchev–Trinajstić information content (AvgIpc) is 3.40. The van der Waals surface area contributed by atoms with Crippen molar-refractivity contribution in [2.75, 3.05) is 18.5 Å². The van der Waals surface area contributed by atoms with Crippen LogP contribution in [0.15, 0.2) is 100 Å². The van der Waals surface area contributed by atoms with E-state index in [0.717, 1.165) is 5.39 Å². The molecule has 0 fully saturated rings. The Labute approximate surface area is 226 Å². The van der Waals surface area contributed by atoms with Crippen molar-refractivity contribution in [3.63, 3.8) is 0 Å². The summed E-state index contributed by atoms with van der Waals surface area (Å²) >= 11 is 0. The van der Waals surface area contributed by atoms with Gasteiger partial charge in [-0.3, -0.25) is 9.29 Å². The molecule has 0 atom stereocenters. The summed E-state index contributed by atoms with van der Waals surface area (Å²) in [5, 5.41) is 0.910. The number of para-hydroxylation sites is 1. The van der Waals surface area contributed by atoms with Crippen LogP contribution < -0.4 is 9.04 Å². The molecule has 2 aromatic heterocycles. The lowest BCUT2D eigenvalue weighted by Crippen LogP contribution is -2.33. The van der Waals surface area contributed by atoms with Crippen LogP contribution >= 0.6 is 0 Å². The average molecular weight is 543 g/mol. The lowest BCUT2D eigenvalue weighted by Gasteiger charge is -2.28. The number of furan rings is 1. The molecule has 8 nitrogen and oxygen atoms in total. The summed E-state index contributed by atoms with van der Waals surface area (Å²) in [6, 6.07) is 24.2. The summed E-state index contributed by atoms with van der Waals surface area (Å²) in [7, 11) is -1.39. The van der Waals surface area contributed by atoms with Crippen molar-refractivity contribution in [2.45, 2.75) is 18.4 Å². The van der Waals surface area contributed by atoms with Crippen LogP contribution in [0.5, 0.6) is 5.75 Å². The minimum atomic E-state index is -4.16. The van der Waals surface area contributed by atoms with Crippen LogP contribution in [-0.4, -0.2) is 33.6 Å². The Hall–Kier alpha value is -4.63. The molecule has 0 amide bonds. The summed E-state index contributed by atoms with van der Waals surface area (Å²) in [6.45, 7) is 1.65. The molecular formula is C30H26N2O6S. The lowest BCUT2D eigenvalue weighted by atomic mass is 10.0. The Morgan fingerprint density at radius 2 is 1.69 bits per heavy atom. The van der Waals surface area contributed by atoms with Gasteiger partial charge in [0.15, 0.2) is 0 Å². The number of aryl methyl sites for hydroxylation is 1. The minimum Gasteiger partial charge on any atom is -0.497 e. The molecule has 0 aliphatic heterocycles. The molecule has 0 aliphatic rings. The van der Waals surface area contributed by atoms with Gasteiger partial charge in [0.25, 0.3) is 10.0 Å². The number of hydrogen-bond donors (Lipinski definition) is 0. The first-order valence-electron chi connectivity index (χ1n) is 12.1. The van der Waals surface area contributed by atoms with Crippen molar-refractivity contribution in [3.05, 3.63) is 108 Å². The molecule has 39 heavy (non-hydrogen) atoms. The summed E-state index contributed by atoms with van der Waals surface area (Å²) in [6.07, 6.45) is 1.59. The maximum absolute atomic E-state index is 14.1. The summed E-state index contributed by atoms with van der Waals surface area (Å²) in [5.74, 6) is 0.388. The molecule has 0 radical (unpaired) electrons. The predicted octanol–water partition coefficient (Wildman–Crippen LogP) is 5.99. The molecule has 5 aromatic rings. The van der Waals surface area contributed by atoms with E-state index in [4.69, 9.17) is 13.9 Å². The fourth-order valence-corrected chi connectivity index (χ4v) is 5.96. The first-order valence-corrected chi connectivity index (χ1v) is 13.5. The smallest absolute Gasteiger partial charge is 0.340 e. The highest BCUT2D eigenvalue weighted by Gasteiger charge is 2.31. The van der Waals surface area contributed by atoms with Crippen LogP contribution in [0, 0.1) is 6.92 Å². The molecule has 3 aromatic carbocycles. The van der Waals surface area contributed by atoms with Gasteiger partial charge in [-0.25, -0.2) is 13.2 Å². The summed E-state index contributed by atoms with van der Waals surface area (Å²) < 4.78 is 45.7. The number of methoxy groups -OCH3 is 2. The number of aromatic nitrogens is 1. The van der Waals surface area contributed by atoms with Crippen LogP contribution in [0.25, 0.3) is 22.3 Å². The van der Waals surface area contributed by atoms with E-state index in [0.29, 0.717) is 33.9 Å². The van der Waals surface area contributed by atoms with Gasteiger partial charge in [0.1, 0.15) is 17.1 Å². The van der Waals surface area contributed by atoms with Gasteiger partial charge in [-0.15, -0.1) is 0 Å². The topological polar surface area (TPSA) is 98.9 Å². The molecule has 0 N–H and O–H groups in total. The molecule has 0 saturated heterocycles. The molecule has 2 heterocycles. The minimum absolute atomic E-state index is 0.0378. The van der Waals surface area contributed by atoms with E-state index in [1.807, 2.05) is 30.3 Å². The summed E-state index contributed by atoms with van der Waals surface area (Å²) in [4.78, 5) is 17.5. The van der Waals surface area contributed by atoms with Crippen molar-refractivity contribution < 1.29 is 27.1 Å². The largest absolute Gasteiger partial charge is 0.497 e. The maximum atomic E-state index is 14.1. The van der Waals surface area contributed by atoms with E-state index in [-0.39, 0.29) is 22.7 Å². The normalized spacial score (nSPS) is 11.4. The highest BCUT2D eigenvalue weighted by molar-refractivity contribution is 7.92. The standard InChI is InChI=1S/C30H26N2O6S/c1-20-16-22(28-18-21-8-4-5-10-27(21)38-28)17-26(30(33)37-3)29(20)32(19-23-9-6-7-15-31-23)39(34,35)25-13-11-24(36-2)12-14-25/h4-18H,19H2,1-3H3. The van der Waals surface area contributed by atoms with E-state index in [1.165, 1.54) is 30.7 Å². The van der Waals surface area contributed by atoms with Gasteiger partial charge in [0.2, 0.25) is 0 Å². The number of carbonyl (C=O) groups excluding carboxylic acids is 1. The Morgan fingerprint density at radius 1 is 0.949 bits per heavy atom. The lowest BCUT2D eigenvalue weighted by molar-refractivity contribution is 0.0601. The number of fused-ring (bicyclic) bond motifs is 1. The van der Waals surface area contributed by atoms with Crippen LogP contribution in [0.4, 0.5) is 5.69 Å². The van der Waals surface area contributed by atoms with Gasteiger partial charge < -0.3 is 13.9 Å². The van der Waals surface area contributed by atoms with Gasteiger partial charge in [-0.1, -0.05) is 24.3 Å². The molecule has 198 valence electrons. The van der Waals surface area contributed by atoms with E-state index in [2.05, 4.69) is 4.98 Å². The van der Waals surface area contributed by atoms with Crippen molar-refractivity contribution in [1.82, 2.24) is 4.98 Å². The monoisotopic (exact) mass is 542 g/mol. The van der Waals surface area contributed by atoms with Gasteiger partial charge in [-0.2, -0.15) is 0 Å². The van der Waals surface area contributed by atoms with Crippen molar-refractivity contribution in [1.29, 1.82) is 0 Å². The predicted molar refractivity (Wildman–Crippen MR) is 148 cm³/mol. The Kier molecular flexibility index (Phi) is 7.08. The molecule has 0 saturated carbocycles. The van der Waals surface area contributed by atoms with Gasteiger partial charge in [0.05, 0.1) is 42.6 Å². The molecule has 0 spiro atoms. The molecule has 0 unspecified atom stereocenters. The van der Waals surface area contributed by atoms with Crippen molar-refractivity contribution >= 4 is 32.6 Å². The Bertz CT molecular complexity index is 1710. The number of nitrogens with zero attached hydrogens (tertiary/aromatic N) is 2. The third-order valence-corrected chi connectivity index (χ3v) is 8.10. The van der Waals surface area contributed by atoms with Gasteiger partial charge in [0, 0.05) is 17.1 Å². The number of anilines is 1. The molecular weight excluding hydrogens is 516 g/mol. The quantitative estimate of drug-likeness (QED) is 0.222. The van der Waals surface area contributed by atoms with E-state index >= 15 is 0 Å². The maximum Gasteiger partial charge on any atom is 0.340 e. The van der Waals surface area contributed by atoms with E-state index < -0.39 is 16.0 Å². The van der Waals surface area contributed by atoms with Crippen LogP contribution in [0.3, 0.4) is 0 Å². The zero-order valence-electron chi connectivity index (χ0n) is 21.6. The second kappa shape index (κ2) is 10.6. The highest BCUT2D eigenvalue weighted by Crippen LogP contribution is 2.37. The molecule has 9 heteroatoms. The number of ether oxygens (including phenoxy) is 2. The molecule has 5 rings (SSSR count). The third kappa shape index (κ3) is 5.08. The third-order valence-electron chi connectivity index (χ3n) is 6.34. The fraction of sp³-hybridized carbons (Fsp3) is 0.133. The fourth-order valence-electron chi connectivity index (χ4n) is 4.44. The van der Waals surface area contributed by atoms with E-state index in [9.17, 15) is 13.2 Å². The number of hydrogen-bond acceptors (Lipinski definition) is 7. The highest BCUT2D eigenvalue weighted by atomic mass is 32.2. The number of sulfonamides is 1. The number of carbonyl (C=O) groups is 1. The molecule has 0 bridgehead atoms. The number of rotatable bonds is 8. The van der Waals surface area contributed by atoms with Crippen molar-refractivity contribution in [3.8, 4) is 17.1 Å². The van der Waals surface area contributed by atoms with Crippen molar-refractivity contribution in [2.24, 2.45) is 0 Å². The number of pyridine rings is 1. The Morgan fingerprint density at radius 3 is 2.36 bits per heavy atom. The SMILES string of the molecule is COC(=O)c1cc(-c2cc3ccccc3o2)cc(C)c1N(Cc1ccccn1)S(=O)(=O)c1ccc(OC)cc1. The van der Waals surface area contributed by atoms with Crippen LogP contribution in [0.2, 0.25) is 0 Å². The summed E-state index contributed by atoms with van der Waals surface area (Å²) in [5.41, 5.74) is 2.65. The molecule has 0 aliphatic carbocycles. The Balaban J connectivity index is 1.71. The second-order valence-corrected chi connectivity index (χ2v) is 10.7. The van der Waals surface area contributed by atoms with Crippen LogP contribution in [-0.2, 0) is 21.3 Å². The first-order chi connectivity index (χ1) is 18.8. The number of benzene rings is 3. The van der Waals surface area contributed by atoms with Gasteiger partial charge >= 0.3 is 5.97 Å². The number of esters is 1.